The van der Waals surface area contributed by atoms with Gasteiger partial charge in [-0.3, -0.25) is 4.90 Å². The number of nitrogens with one attached hydrogen (secondary N) is 1. The highest BCUT2D eigenvalue weighted by molar-refractivity contribution is 5.77. The molecule has 0 amide bonds. The van der Waals surface area contributed by atoms with Crippen molar-refractivity contribution in [1.82, 2.24) is 25.0 Å². The van der Waals surface area contributed by atoms with Crippen molar-refractivity contribution in [2.45, 2.75) is 13.0 Å². The van der Waals surface area contributed by atoms with E-state index < -0.39 is 0 Å². The van der Waals surface area contributed by atoms with Crippen molar-refractivity contribution >= 4 is 17.0 Å². The van der Waals surface area contributed by atoms with E-state index in [0.29, 0.717) is 18.3 Å². The SMILES string of the molecule is COc1ccc(-c2nc(CN3CCCN(c4nc5ccccc5[nH]4)CC3)no2)cc1. The molecular weight excluding hydrogens is 380 g/mol. The lowest BCUT2D eigenvalue weighted by molar-refractivity contribution is 0.272. The number of anilines is 1. The van der Waals surface area contributed by atoms with E-state index in [1.807, 2.05) is 42.5 Å². The molecule has 2 aromatic heterocycles. The van der Waals surface area contributed by atoms with Crippen LogP contribution in [0.15, 0.2) is 53.1 Å². The number of aromatic amines is 1. The van der Waals surface area contributed by atoms with Crippen LogP contribution < -0.4 is 9.64 Å². The van der Waals surface area contributed by atoms with Crippen LogP contribution in [0.1, 0.15) is 12.2 Å². The summed E-state index contributed by atoms with van der Waals surface area (Å²) in [4.78, 5) is 17.4. The number of benzene rings is 2. The molecule has 0 unspecified atom stereocenters. The van der Waals surface area contributed by atoms with Crippen LogP contribution in [-0.2, 0) is 6.54 Å². The fraction of sp³-hybridized carbons (Fsp3) is 0.318. The summed E-state index contributed by atoms with van der Waals surface area (Å²) in [6.45, 7) is 4.46. The zero-order chi connectivity index (χ0) is 20.3. The predicted molar refractivity (Wildman–Crippen MR) is 114 cm³/mol. The number of hydrogen-bond acceptors (Lipinski definition) is 7. The van der Waals surface area contributed by atoms with Crippen LogP contribution >= 0.6 is 0 Å². The number of nitrogens with zero attached hydrogens (tertiary/aromatic N) is 5. The monoisotopic (exact) mass is 404 g/mol. The number of aromatic nitrogens is 4. The molecule has 0 aliphatic carbocycles. The maximum Gasteiger partial charge on any atom is 0.257 e. The molecule has 1 N–H and O–H groups in total. The number of fused-ring (bicyclic) bond motifs is 1. The predicted octanol–water partition coefficient (Wildman–Crippen LogP) is 3.33. The maximum atomic E-state index is 5.47. The van der Waals surface area contributed by atoms with Crippen LogP contribution in [0.4, 0.5) is 5.95 Å². The summed E-state index contributed by atoms with van der Waals surface area (Å²) in [5.74, 6) is 2.99. The van der Waals surface area contributed by atoms with Gasteiger partial charge in [-0.2, -0.15) is 4.98 Å². The third-order valence-electron chi connectivity index (χ3n) is 5.44. The second kappa shape index (κ2) is 8.16. The fourth-order valence-electron chi connectivity index (χ4n) is 3.80. The number of para-hydroxylation sites is 2. The van der Waals surface area contributed by atoms with Gasteiger partial charge in [-0.25, -0.2) is 4.98 Å². The van der Waals surface area contributed by atoms with Gasteiger partial charge in [-0.1, -0.05) is 17.3 Å². The van der Waals surface area contributed by atoms with Crippen LogP contribution in [-0.4, -0.2) is 58.3 Å². The van der Waals surface area contributed by atoms with Gasteiger partial charge in [-0.05, 0) is 42.8 Å². The van der Waals surface area contributed by atoms with Gasteiger partial charge in [0.1, 0.15) is 5.75 Å². The van der Waals surface area contributed by atoms with Crippen LogP contribution in [0.25, 0.3) is 22.5 Å². The number of hydrogen-bond donors (Lipinski definition) is 1. The minimum atomic E-state index is 0.534. The summed E-state index contributed by atoms with van der Waals surface area (Å²) in [6.07, 6.45) is 1.06. The van der Waals surface area contributed by atoms with Gasteiger partial charge < -0.3 is 19.1 Å². The standard InChI is InChI=1S/C22H24N6O2/c1-29-17-9-7-16(8-10-17)21-25-20(26-30-21)15-27-11-4-12-28(14-13-27)22-23-18-5-2-3-6-19(18)24-22/h2-3,5-10H,4,11-15H2,1H3,(H,23,24). The van der Waals surface area contributed by atoms with Crippen molar-refractivity contribution in [3.05, 3.63) is 54.4 Å². The van der Waals surface area contributed by atoms with E-state index >= 15 is 0 Å². The van der Waals surface area contributed by atoms with Crippen molar-refractivity contribution in [1.29, 1.82) is 0 Å². The molecule has 8 heteroatoms. The number of imidazole rings is 1. The number of methoxy groups -OCH3 is 1. The lowest BCUT2D eigenvalue weighted by Gasteiger charge is -2.20. The summed E-state index contributed by atoms with van der Waals surface area (Å²) >= 11 is 0. The lowest BCUT2D eigenvalue weighted by atomic mass is 10.2. The molecule has 0 saturated carbocycles. The Bertz CT molecular complexity index is 1090. The summed E-state index contributed by atoms with van der Waals surface area (Å²) in [5, 5.41) is 4.17. The average Bonchev–Trinajstić information content (AvgIpc) is 3.36. The third-order valence-corrected chi connectivity index (χ3v) is 5.44. The Balaban J connectivity index is 1.23. The van der Waals surface area contributed by atoms with E-state index in [9.17, 15) is 0 Å². The van der Waals surface area contributed by atoms with Gasteiger partial charge in [0.25, 0.3) is 5.89 Å². The molecule has 1 fully saturated rings. The molecule has 0 atom stereocenters. The first-order chi connectivity index (χ1) is 14.8. The molecule has 8 nitrogen and oxygen atoms in total. The van der Waals surface area contributed by atoms with E-state index in [0.717, 1.165) is 60.9 Å². The Hall–Kier alpha value is -3.39. The van der Waals surface area contributed by atoms with Gasteiger partial charge >= 0.3 is 0 Å². The van der Waals surface area contributed by atoms with E-state index in [4.69, 9.17) is 14.2 Å². The third kappa shape index (κ3) is 3.86. The summed E-state index contributed by atoms with van der Waals surface area (Å²) in [7, 11) is 1.65. The largest absolute Gasteiger partial charge is 0.497 e. The number of rotatable bonds is 5. The van der Waals surface area contributed by atoms with Crippen LogP contribution in [0.3, 0.4) is 0 Å². The molecule has 30 heavy (non-hydrogen) atoms. The van der Waals surface area contributed by atoms with E-state index in [-0.39, 0.29) is 0 Å². The molecule has 1 aliphatic rings. The van der Waals surface area contributed by atoms with Crippen LogP contribution in [0, 0.1) is 0 Å². The molecule has 0 spiro atoms. The molecule has 2 aromatic carbocycles. The van der Waals surface area contributed by atoms with Crippen LogP contribution in [0.5, 0.6) is 5.75 Å². The first-order valence-electron chi connectivity index (χ1n) is 10.2. The quantitative estimate of drug-likeness (QED) is 0.546. The van der Waals surface area contributed by atoms with Gasteiger partial charge in [0.05, 0.1) is 24.7 Å². The molecule has 0 bridgehead atoms. The molecule has 3 heterocycles. The average molecular weight is 404 g/mol. The molecule has 0 radical (unpaired) electrons. The van der Waals surface area contributed by atoms with Crippen LogP contribution in [0.2, 0.25) is 0 Å². The van der Waals surface area contributed by atoms with E-state index in [1.54, 1.807) is 7.11 Å². The molecule has 154 valence electrons. The summed E-state index contributed by atoms with van der Waals surface area (Å²) < 4.78 is 10.7. The summed E-state index contributed by atoms with van der Waals surface area (Å²) in [5.41, 5.74) is 2.97. The Morgan fingerprint density at radius 1 is 1.00 bits per heavy atom. The van der Waals surface area contributed by atoms with Crippen molar-refractivity contribution in [2.24, 2.45) is 0 Å². The lowest BCUT2D eigenvalue weighted by Crippen LogP contribution is -2.31. The van der Waals surface area contributed by atoms with Crippen molar-refractivity contribution in [2.75, 3.05) is 38.2 Å². The van der Waals surface area contributed by atoms with Gasteiger partial charge in [0.2, 0.25) is 5.95 Å². The molecule has 4 aromatic rings. The highest BCUT2D eigenvalue weighted by atomic mass is 16.5. The summed E-state index contributed by atoms with van der Waals surface area (Å²) in [6, 6.07) is 15.8. The molecular formula is C22H24N6O2. The molecule has 1 aliphatic heterocycles. The maximum absolute atomic E-state index is 5.47. The first-order valence-corrected chi connectivity index (χ1v) is 10.2. The van der Waals surface area contributed by atoms with E-state index in [2.05, 4.69) is 31.0 Å². The normalized spacial score (nSPS) is 15.4. The smallest absolute Gasteiger partial charge is 0.257 e. The highest BCUT2D eigenvalue weighted by Crippen LogP contribution is 2.22. The highest BCUT2D eigenvalue weighted by Gasteiger charge is 2.19. The Kier molecular flexibility index (Phi) is 5.06. The number of H-pyrrole nitrogens is 1. The second-order valence-electron chi connectivity index (χ2n) is 7.44. The minimum absolute atomic E-state index is 0.534. The first kappa shape index (κ1) is 18.6. The van der Waals surface area contributed by atoms with Crippen molar-refractivity contribution < 1.29 is 9.26 Å². The van der Waals surface area contributed by atoms with Gasteiger partial charge in [-0.15, -0.1) is 0 Å². The van der Waals surface area contributed by atoms with Crippen molar-refractivity contribution in [3.8, 4) is 17.2 Å². The van der Waals surface area contributed by atoms with Gasteiger partial charge in [0.15, 0.2) is 5.82 Å². The second-order valence-corrected chi connectivity index (χ2v) is 7.44. The number of ether oxygens (including phenoxy) is 1. The minimum Gasteiger partial charge on any atom is -0.497 e. The Labute approximate surface area is 174 Å². The zero-order valence-corrected chi connectivity index (χ0v) is 16.9. The molecule has 5 rings (SSSR count). The Morgan fingerprint density at radius 2 is 1.87 bits per heavy atom. The van der Waals surface area contributed by atoms with Gasteiger partial charge in [0, 0.05) is 31.7 Å². The zero-order valence-electron chi connectivity index (χ0n) is 16.9. The van der Waals surface area contributed by atoms with Crippen molar-refractivity contribution in [3.63, 3.8) is 0 Å². The topological polar surface area (TPSA) is 83.3 Å². The molecule has 1 saturated heterocycles. The Morgan fingerprint density at radius 3 is 2.70 bits per heavy atom. The fourth-order valence-corrected chi connectivity index (χ4v) is 3.80. The van der Waals surface area contributed by atoms with E-state index in [1.165, 1.54) is 0 Å².